The number of hydrogen-bond donors (Lipinski definition) is 1. The van der Waals surface area contributed by atoms with E-state index < -0.39 is 45.5 Å². The summed E-state index contributed by atoms with van der Waals surface area (Å²) in [4.78, 5) is 32.8. The number of rotatable bonds is 7. The van der Waals surface area contributed by atoms with Gasteiger partial charge in [-0.25, -0.2) is 0 Å². The number of nitrogens with zero attached hydrogens (tertiary/aromatic N) is 6. The molecule has 12 nitrogen and oxygen atoms in total. The quantitative estimate of drug-likeness (QED) is 0.400. The van der Waals surface area contributed by atoms with Crippen LogP contribution in [-0.2, 0) is 24.1 Å². The maximum absolute atomic E-state index is 13.0. The van der Waals surface area contributed by atoms with Crippen LogP contribution in [0.5, 0.6) is 0 Å². The number of anilines is 1. The fourth-order valence-electron chi connectivity index (χ4n) is 3.38. The van der Waals surface area contributed by atoms with Gasteiger partial charge in [-0.3, -0.25) is 19.6 Å². The Bertz CT molecular complexity index is 1300. The summed E-state index contributed by atoms with van der Waals surface area (Å²) < 4.78 is 41.2. The van der Waals surface area contributed by atoms with Crippen molar-refractivity contribution in [3.05, 3.63) is 72.7 Å². The molecule has 0 aliphatic carbocycles. The fraction of sp³-hybridized carbons (Fsp3) is 0.316. The minimum absolute atomic E-state index is 0.0170. The number of nitro groups is 2. The molecule has 0 aliphatic rings. The van der Waals surface area contributed by atoms with Crippen molar-refractivity contribution in [3.8, 4) is 0 Å². The second-order valence-corrected chi connectivity index (χ2v) is 7.38. The van der Waals surface area contributed by atoms with Crippen molar-refractivity contribution in [2.24, 2.45) is 0 Å². The van der Waals surface area contributed by atoms with E-state index in [1.54, 1.807) is 13.8 Å². The second-order valence-electron chi connectivity index (χ2n) is 7.38. The molecule has 3 rings (SSSR count). The number of halogens is 3. The zero-order chi connectivity index (χ0) is 25.4. The Morgan fingerprint density at radius 1 is 1.06 bits per heavy atom. The highest BCUT2D eigenvalue weighted by atomic mass is 19.4. The maximum Gasteiger partial charge on any atom is 0.468 e. The molecule has 0 fully saturated rings. The van der Waals surface area contributed by atoms with E-state index >= 15 is 0 Å². The molecule has 2 aromatic heterocycles. The summed E-state index contributed by atoms with van der Waals surface area (Å²) >= 11 is 0. The van der Waals surface area contributed by atoms with Gasteiger partial charge in [0.1, 0.15) is 12.2 Å². The molecule has 15 heteroatoms. The highest BCUT2D eigenvalue weighted by Crippen LogP contribution is 2.31. The first kappa shape index (κ1) is 24.3. The first-order valence-electron chi connectivity index (χ1n) is 9.65. The van der Waals surface area contributed by atoms with Crippen molar-refractivity contribution < 1.29 is 27.8 Å². The normalized spacial score (nSPS) is 11.5. The summed E-state index contributed by atoms with van der Waals surface area (Å²) in [5.74, 6) is -1.66. The van der Waals surface area contributed by atoms with Crippen LogP contribution in [0.3, 0.4) is 0 Å². The van der Waals surface area contributed by atoms with E-state index in [0.717, 1.165) is 16.8 Å². The number of aromatic nitrogens is 4. The van der Waals surface area contributed by atoms with Gasteiger partial charge in [-0.05, 0) is 43.4 Å². The Morgan fingerprint density at radius 2 is 1.74 bits per heavy atom. The molecular formula is C19H18F3N7O5. The average molecular weight is 481 g/mol. The van der Waals surface area contributed by atoms with Crippen LogP contribution in [0.2, 0.25) is 0 Å². The number of carbonyl (C=O) groups is 1. The predicted octanol–water partition coefficient (Wildman–Crippen LogP) is 3.53. The highest BCUT2D eigenvalue weighted by Gasteiger charge is 2.36. The molecule has 0 saturated carbocycles. The summed E-state index contributed by atoms with van der Waals surface area (Å²) in [7, 11) is 0. The lowest BCUT2D eigenvalue weighted by atomic mass is 10.1. The van der Waals surface area contributed by atoms with E-state index in [9.17, 15) is 38.2 Å². The number of alkyl halides is 3. The van der Waals surface area contributed by atoms with Crippen LogP contribution in [0.25, 0.3) is 0 Å². The lowest BCUT2D eigenvalue weighted by Crippen LogP contribution is -2.21. The molecule has 1 aromatic carbocycles. The molecule has 0 spiro atoms. The molecule has 0 unspecified atom stereocenters. The minimum atomic E-state index is -4.49. The largest absolute Gasteiger partial charge is 0.468 e. The van der Waals surface area contributed by atoms with Gasteiger partial charge in [0.05, 0.1) is 39.2 Å². The molecule has 0 atom stereocenters. The van der Waals surface area contributed by atoms with Gasteiger partial charge in [0.2, 0.25) is 5.91 Å². The summed E-state index contributed by atoms with van der Waals surface area (Å²) in [6.45, 7) is 3.90. The Balaban J connectivity index is 1.80. The van der Waals surface area contributed by atoms with E-state index in [4.69, 9.17) is 0 Å². The van der Waals surface area contributed by atoms with Crippen LogP contribution >= 0.6 is 0 Å². The lowest BCUT2D eigenvalue weighted by Gasteiger charge is -2.10. The zero-order valence-corrected chi connectivity index (χ0v) is 18.1. The van der Waals surface area contributed by atoms with Crippen LogP contribution in [0, 0.1) is 41.0 Å². The number of benzene rings is 1. The smallest absolute Gasteiger partial charge is 0.358 e. The third-order valence-electron chi connectivity index (χ3n) is 5.04. The van der Waals surface area contributed by atoms with Gasteiger partial charge in [0.25, 0.3) is 0 Å². The van der Waals surface area contributed by atoms with Gasteiger partial charge in [0.15, 0.2) is 0 Å². The molecule has 1 amide bonds. The molecule has 0 saturated heterocycles. The van der Waals surface area contributed by atoms with Crippen LogP contribution in [-0.4, -0.2) is 35.3 Å². The highest BCUT2D eigenvalue weighted by molar-refractivity contribution is 5.91. The van der Waals surface area contributed by atoms with Gasteiger partial charge < -0.3 is 15.4 Å². The van der Waals surface area contributed by atoms with Gasteiger partial charge in [-0.15, -0.1) is 0 Å². The van der Waals surface area contributed by atoms with Gasteiger partial charge in [-0.1, -0.05) is 12.1 Å². The van der Waals surface area contributed by atoms with Crippen molar-refractivity contribution in [1.29, 1.82) is 0 Å². The van der Waals surface area contributed by atoms with Crippen molar-refractivity contribution >= 4 is 23.1 Å². The van der Waals surface area contributed by atoms with E-state index in [0.29, 0.717) is 22.6 Å². The standard InChI is InChI=1S/C19H18F3N7O5/c1-10-16(11(2)26(24-10)8-13-5-4-6-14(7-13)19(20,21)22)23-15(30)9-27-12(3)17(28(31)32)18(25-27)29(33)34/h4-7H,8-9H2,1-3H3,(H,23,30). The first-order chi connectivity index (χ1) is 15.8. The van der Waals surface area contributed by atoms with E-state index in [-0.39, 0.29) is 12.2 Å². The topological polar surface area (TPSA) is 151 Å². The average Bonchev–Trinajstić information content (AvgIpc) is 3.19. The second kappa shape index (κ2) is 8.92. The molecule has 0 radical (unpaired) electrons. The summed E-state index contributed by atoms with van der Waals surface area (Å²) in [5.41, 5.74) is -0.280. The summed E-state index contributed by atoms with van der Waals surface area (Å²) in [5, 5.41) is 32.6. The summed E-state index contributed by atoms with van der Waals surface area (Å²) in [6.07, 6.45) is -4.49. The van der Waals surface area contributed by atoms with Crippen LogP contribution in [0.15, 0.2) is 24.3 Å². The van der Waals surface area contributed by atoms with Crippen molar-refractivity contribution in [3.63, 3.8) is 0 Å². The Labute approximate surface area is 189 Å². The van der Waals surface area contributed by atoms with E-state index in [1.165, 1.54) is 23.7 Å². The van der Waals surface area contributed by atoms with Crippen LogP contribution in [0.4, 0.5) is 30.4 Å². The van der Waals surface area contributed by atoms with E-state index in [1.807, 2.05) is 0 Å². The third-order valence-corrected chi connectivity index (χ3v) is 5.04. The Hall–Kier alpha value is -4.30. The van der Waals surface area contributed by atoms with Crippen molar-refractivity contribution in [2.75, 3.05) is 5.32 Å². The SMILES string of the molecule is Cc1nn(Cc2cccc(C(F)(F)F)c2)c(C)c1NC(=O)Cn1nc([N+](=O)[O-])c([N+](=O)[O-])c1C. The monoisotopic (exact) mass is 481 g/mol. The number of amides is 1. The maximum atomic E-state index is 13.0. The molecule has 1 N–H and O–H groups in total. The van der Waals surface area contributed by atoms with Crippen molar-refractivity contribution in [2.45, 2.75) is 40.0 Å². The van der Waals surface area contributed by atoms with Crippen molar-refractivity contribution in [1.82, 2.24) is 19.6 Å². The fourth-order valence-corrected chi connectivity index (χ4v) is 3.38. The minimum Gasteiger partial charge on any atom is -0.358 e. The Morgan fingerprint density at radius 3 is 2.29 bits per heavy atom. The van der Waals surface area contributed by atoms with Gasteiger partial charge >= 0.3 is 17.7 Å². The number of hydrogen-bond acceptors (Lipinski definition) is 7. The predicted molar refractivity (Wildman–Crippen MR) is 111 cm³/mol. The van der Waals surface area contributed by atoms with Crippen LogP contribution in [0.1, 0.15) is 28.2 Å². The lowest BCUT2D eigenvalue weighted by molar-refractivity contribution is -0.424. The summed E-state index contributed by atoms with van der Waals surface area (Å²) in [6, 6.07) is 4.78. The van der Waals surface area contributed by atoms with Gasteiger partial charge in [0, 0.05) is 0 Å². The van der Waals surface area contributed by atoms with E-state index in [2.05, 4.69) is 15.5 Å². The third kappa shape index (κ3) is 4.87. The zero-order valence-electron chi connectivity index (χ0n) is 18.1. The molecule has 180 valence electrons. The first-order valence-corrected chi connectivity index (χ1v) is 9.65. The molecule has 0 aliphatic heterocycles. The molecule has 34 heavy (non-hydrogen) atoms. The van der Waals surface area contributed by atoms with Gasteiger partial charge in [-0.2, -0.15) is 23.0 Å². The molecule has 0 bridgehead atoms. The molecule has 2 heterocycles. The van der Waals surface area contributed by atoms with Crippen LogP contribution < -0.4 is 5.32 Å². The number of carbonyl (C=O) groups excluding carboxylic acids is 1. The number of aryl methyl sites for hydroxylation is 1. The molecular weight excluding hydrogens is 463 g/mol. The Kier molecular flexibility index (Phi) is 6.38. The molecule has 3 aromatic rings. The number of nitrogens with one attached hydrogen (secondary N) is 1.